The molecule has 1 rings (SSSR count). The molecule has 66 valence electrons. The van der Waals surface area contributed by atoms with E-state index in [0.717, 1.165) is 12.0 Å². The van der Waals surface area contributed by atoms with Crippen molar-refractivity contribution in [3.8, 4) is 0 Å². The van der Waals surface area contributed by atoms with Gasteiger partial charge < -0.3 is 5.32 Å². The van der Waals surface area contributed by atoms with Crippen LogP contribution >= 0.6 is 0 Å². The Morgan fingerprint density at radius 3 is 2.67 bits per heavy atom. The van der Waals surface area contributed by atoms with E-state index in [1.807, 2.05) is 26.1 Å². The summed E-state index contributed by atoms with van der Waals surface area (Å²) in [6.45, 7) is 2.03. The van der Waals surface area contributed by atoms with Crippen molar-refractivity contribution in [3.63, 3.8) is 0 Å². The van der Waals surface area contributed by atoms with Gasteiger partial charge in [-0.2, -0.15) is 0 Å². The standard InChI is InChI=1S/C10H14FN/c1-8(12-2)7-9-5-3-4-6-10(9)11/h3-6,8,12H,7H2,1-2H3/i5+1. The number of hydrogen-bond acceptors (Lipinski definition) is 1. The van der Waals surface area contributed by atoms with Gasteiger partial charge in [0.05, 0.1) is 0 Å². The van der Waals surface area contributed by atoms with Gasteiger partial charge in [0.15, 0.2) is 0 Å². The van der Waals surface area contributed by atoms with Crippen molar-refractivity contribution in [1.82, 2.24) is 5.32 Å². The smallest absolute Gasteiger partial charge is 0.126 e. The molecule has 0 amide bonds. The maximum Gasteiger partial charge on any atom is 0.126 e. The number of rotatable bonds is 3. The van der Waals surface area contributed by atoms with Crippen LogP contribution in [0.2, 0.25) is 0 Å². The van der Waals surface area contributed by atoms with Crippen LogP contribution in [0, 0.1) is 5.82 Å². The van der Waals surface area contributed by atoms with E-state index in [-0.39, 0.29) is 5.82 Å². The Bertz CT molecular complexity index is 247. The van der Waals surface area contributed by atoms with Gasteiger partial charge in [0.1, 0.15) is 5.82 Å². The molecule has 0 saturated carbocycles. The maximum atomic E-state index is 13.1. The molecule has 1 atom stereocenters. The number of likely N-dealkylation sites (N-methyl/N-ethyl adjacent to an activating group) is 1. The van der Waals surface area contributed by atoms with Crippen molar-refractivity contribution in [2.24, 2.45) is 0 Å². The molecule has 1 unspecified atom stereocenters. The van der Waals surface area contributed by atoms with Gasteiger partial charge >= 0.3 is 0 Å². The zero-order chi connectivity index (χ0) is 8.97. The van der Waals surface area contributed by atoms with Crippen molar-refractivity contribution in [3.05, 3.63) is 35.6 Å². The van der Waals surface area contributed by atoms with Crippen molar-refractivity contribution < 1.29 is 4.39 Å². The molecule has 12 heavy (non-hydrogen) atoms. The van der Waals surface area contributed by atoms with Gasteiger partial charge in [-0.25, -0.2) is 4.39 Å². The topological polar surface area (TPSA) is 12.0 Å². The van der Waals surface area contributed by atoms with Gasteiger partial charge in [0, 0.05) is 6.04 Å². The molecule has 0 aromatic heterocycles. The van der Waals surface area contributed by atoms with E-state index in [1.165, 1.54) is 6.07 Å². The van der Waals surface area contributed by atoms with Crippen LogP contribution in [0.15, 0.2) is 24.3 Å². The van der Waals surface area contributed by atoms with Crippen LogP contribution in [-0.2, 0) is 6.42 Å². The minimum atomic E-state index is -0.111. The molecule has 1 aromatic carbocycles. The Labute approximate surface area is 72.6 Å². The molecule has 0 radical (unpaired) electrons. The minimum Gasteiger partial charge on any atom is -0.317 e. The first-order valence-corrected chi connectivity index (χ1v) is 4.14. The predicted molar refractivity (Wildman–Crippen MR) is 48.6 cm³/mol. The molecule has 2 heteroatoms. The Balaban J connectivity index is 2.69. The summed E-state index contributed by atoms with van der Waals surface area (Å²) in [6.07, 6.45) is 0.739. The largest absolute Gasteiger partial charge is 0.317 e. The number of benzene rings is 1. The fourth-order valence-corrected chi connectivity index (χ4v) is 1.10. The first kappa shape index (κ1) is 9.20. The first-order valence-electron chi connectivity index (χ1n) is 4.14. The van der Waals surface area contributed by atoms with E-state index in [9.17, 15) is 4.39 Å². The van der Waals surface area contributed by atoms with Crippen LogP contribution in [0.5, 0.6) is 0 Å². The van der Waals surface area contributed by atoms with Crippen LogP contribution in [0.3, 0.4) is 0 Å². The quantitative estimate of drug-likeness (QED) is 0.727. The summed E-state index contributed by atoms with van der Waals surface area (Å²) in [4.78, 5) is 0. The third-order valence-corrected chi connectivity index (χ3v) is 1.98. The third kappa shape index (κ3) is 2.31. The molecular formula is C10H14FN. The highest BCUT2D eigenvalue weighted by Gasteiger charge is 2.04. The summed E-state index contributed by atoms with van der Waals surface area (Å²) in [5.41, 5.74) is 0.777. The molecule has 0 aliphatic carbocycles. The molecule has 0 bridgehead atoms. The Morgan fingerprint density at radius 1 is 1.42 bits per heavy atom. The van der Waals surface area contributed by atoms with Crippen LogP contribution < -0.4 is 5.32 Å². The first-order chi connectivity index (χ1) is 5.74. The van der Waals surface area contributed by atoms with E-state index in [2.05, 4.69) is 5.32 Å². The van der Waals surface area contributed by atoms with E-state index < -0.39 is 0 Å². The monoisotopic (exact) mass is 168 g/mol. The number of halogens is 1. The fraction of sp³-hybridized carbons (Fsp3) is 0.400. The van der Waals surface area contributed by atoms with E-state index in [4.69, 9.17) is 0 Å². The number of nitrogens with one attached hydrogen (secondary N) is 1. The zero-order valence-corrected chi connectivity index (χ0v) is 7.47. The van der Waals surface area contributed by atoms with Crippen molar-refractivity contribution in [2.75, 3.05) is 7.05 Å². The fourth-order valence-electron chi connectivity index (χ4n) is 1.10. The lowest BCUT2D eigenvalue weighted by Crippen LogP contribution is -2.23. The molecule has 0 saturated heterocycles. The molecule has 0 aliphatic rings. The maximum absolute atomic E-state index is 13.1. The minimum absolute atomic E-state index is 0.111. The molecule has 0 heterocycles. The highest BCUT2D eigenvalue weighted by atomic mass is 19.1. The summed E-state index contributed by atoms with van der Waals surface area (Å²) in [7, 11) is 1.88. The zero-order valence-electron chi connectivity index (χ0n) is 7.47. The van der Waals surface area contributed by atoms with Gasteiger partial charge in [-0.15, -0.1) is 0 Å². The molecule has 0 fully saturated rings. The average Bonchev–Trinajstić information content (AvgIpc) is 2.09. The Hall–Kier alpha value is -0.890. The van der Waals surface area contributed by atoms with E-state index in [0.29, 0.717) is 6.04 Å². The van der Waals surface area contributed by atoms with Gasteiger partial charge in [-0.3, -0.25) is 0 Å². The molecule has 1 aromatic rings. The summed E-state index contributed by atoms with van der Waals surface area (Å²) in [5.74, 6) is -0.111. The van der Waals surface area contributed by atoms with Crippen LogP contribution in [0.25, 0.3) is 0 Å². The summed E-state index contributed by atoms with van der Waals surface area (Å²) < 4.78 is 13.1. The predicted octanol–water partition coefficient (Wildman–Crippen LogP) is 1.98. The van der Waals surface area contributed by atoms with Gasteiger partial charge in [-0.05, 0) is 32.0 Å². The Morgan fingerprint density at radius 2 is 2.08 bits per heavy atom. The van der Waals surface area contributed by atoms with E-state index >= 15 is 0 Å². The lowest BCUT2D eigenvalue weighted by Gasteiger charge is -2.09. The van der Waals surface area contributed by atoms with E-state index in [1.54, 1.807) is 6.07 Å². The van der Waals surface area contributed by atoms with Crippen molar-refractivity contribution in [2.45, 2.75) is 19.4 Å². The molecule has 1 nitrogen and oxygen atoms in total. The van der Waals surface area contributed by atoms with Crippen LogP contribution in [-0.4, -0.2) is 13.1 Å². The van der Waals surface area contributed by atoms with Crippen LogP contribution in [0.4, 0.5) is 4.39 Å². The van der Waals surface area contributed by atoms with Gasteiger partial charge in [0.2, 0.25) is 0 Å². The third-order valence-electron chi connectivity index (χ3n) is 1.98. The number of hydrogen-bond donors (Lipinski definition) is 1. The molecule has 1 N–H and O–H groups in total. The lowest BCUT2D eigenvalue weighted by molar-refractivity contribution is 0.564. The molecule has 0 spiro atoms. The van der Waals surface area contributed by atoms with Gasteiger partial charge in [-0.1, -0.05) is 18.2 Å². The van der Waals surface area contributed by atoms with Gasteiger partial charge in [0.25, 0.3) is 0 Å². The molecular weight excluding hydrogens is 154 g/mol. The second-order valence-corrected chi connectivity index (χ2v) is 2.99. The Kier molecular flexibility index (Phi) is 3.23. The normalized spacial score (nSPS) is 12.9. The summed E-state index contributed by atoms with van der Waals surface area (Å²) in [5, 5.41) is 3.07. The summed E-state index contributed by atoms with van der Waals surface area (Å²) in [6, 6.07) is 7.21. The highest BCUT2D eigenvalue weighted by Crippen LogP contribution is 2.08. The highest BCUT2D eigenvalue weighted by molar-refractivity contribution is 5.18. The summed E-state index contributed by atoms with van der Waals surface area (Å²) >= 11 is 0. The lowest BCUT2D eigenvalue weighted by atomic mass is 10.1. The molecule has 0 aliphatic heterocycles. The average molecular weight is 168 g/mol. The second kappa shape index (κ2) is 4.21. The SMILES string of the molecule is CNC(C)Cc1[13cH]cccc1F. The van der Waals surface area contributed by atoms with Crippen LogP contribution in [0.1, 0.15) is 12.5 Å². The second-order valence-electron chi connectivity index (χ2n) is 2.99. The van der Waals surface area contributed by atoms with Crippen molar-refractivity contribution >= 4 is 0 Å². The van der Waals surface area contributed by atoms with Crippen molar-refractivity contribution in [1.29, 1.82) is 0 Å².